The number of piperazine rings is 1. The Morgan fingerprint density at radius 1 is 1.09 bits per heavy atom. The molecule has 1 aromatic carbocycles. The van der Waals surface area contributed by atoms with Gasteiger partial charge in [-0.05, 0) is 70.6 Å². The highest BCUT2D eigenvalue weighted by atomic mass is 16.6. The standard InChI is InChI=1S/C33H52N4O8/c1-9-43-31(40)36-18-19-37(26(23-36)22-35(7)30(39)45-33(4,5)6)32(41)44-27-17-16-25(20-28(27)42-8)21-34-29(38)15-13-11-10-12-14-24(2)3/h12,14,16-17,20,24,26H,9-11,13,15,18-19,21-23H2,1-8H3,(H,34,38)/b14-12+. The zero-order chi connectivity index (χ0) is 33.6. The molecule has 252 valence electrons. The zero-order valence-electron chi connectivity index (χ0n) is 28.2. The zero-order valence-corrected chi connectivity index (χ0v) is 28.2. The van der Waals surface area contributed by atoms with Crippen molar-refractivity contribution in [1.82, 2.24) is 20.0 Å². The predicted molar refractivity (Wildman–Crippen MR) is 171 cm³/mol. The van der Waals surface area contributed by atoms with Crippen LogP contribution in [0.4, 0.5) is 14.4 Å². The molecule has 1 aliphatic heterocycles. The van der Waals surface area contributed by atoms with E-state index in [-0.39, 0.29) is 44.4 Å². The first-order valence-corrected chi connectivity index (χ1v) is 15.7. The van der Waals surface area contributed by atoms with Crippen molar-refractivity contribution in [1.29, 1.82) is 0 Å². The van der Waals surface area contributed by atoms with Crippen molar-refractivity contribution in [3.63, 3.8) is 0 Å². The van der Waals surface area contributed by atoms with Crippen LogP contribution in [0.5, 0.6) is 11.5 Å². The van der Waals surface area contributed by atoms with Gasteiger partial charge in [-0.15, -0.1) is 0 Å². The molecule has 0 bridgehead atoms. The maximum Gasteiger partial charge on any atom is 0.415 e. The van der Waals surface area contributed by atoms with Crippen molar-refractivity contribution in [2.75, 3.05) is 46.9 Å². The van der Waals surface area contributed by atoms with Crippen LogP contribution in [0.15, 0.2) is 30.4 Å². The topological polar surface area (TPSA) is 127 Å². The Kier molecular flexibility index (Phi) is 15.0. The summed E-state index contributed by atoms with van der Waals surface area (Å²) in [7, 11) is 3.05. The summed E-state index contributed by atoms with van der Waals surface area (Å²) in [6, 6.07) is 4.51. The summed E-state index contributed by atoms with van der Waals surface area (Å²) in [6.07, 6.45) is 5.84. The van der Waals surface area contributed by atoms with Gasteiger partial charge in [0, 0.05) is 46.2 Å². The second-order valence-corrected chi connectivity index (χ2v) is 12.4. The third-order valence-corrected chi connectivity index (χ3v) is 6.89. The summed E-state index contributed by atoms with van der Waals surface area (Å²) in [5, 5.41) is 2.93. The molecular weight excluding hydrogens is 580 g/mol. The minimum absolute atomic E-state index is 0.0262. The third kappa shape index (κ3) is 13.3. The van der Waals surface area contributed by atoms with Gasteiger partial charge in [0.25, 0.3) is 0 Å². The number of amides is 4. The van der Waals surface area contributed by atoms with E-state index in [1.807, 2.05) is 0 Å². The molecule has 0 radical (unpaired) electrons. The van der Waals surface area contributed by atoms with Gasteiger partial charge >= 0.3 is 18.3 Å². The van der Waals surface area contributed by atoms with Gasteiger partial charge < -0.3 is 34.1 Å². The third-order valence-electron chi connectivity index (χ3n) is 6.89. The van der Waals surface area contributed by atoms with E-state index >= 15 is 0 Å². The number of nitrogens with zero attached hydrogens (tertiary/aromatic N) is 3. The van der Waals surface area contributed by atoms with E-state index in [0.717, 1.165) is 24.8 Å². The van der Waals surface area contributed by atoms with Crippen LogP contribution >= 0.6 is 0 Å². The van der Waals surface area contributed by atoms with Gasteiger partial charge in [-0.1, -0.05) is 32.1 Å². The second-order valence-electron chi connectivity index (χ2n) is 12.4. The molecule has 1 aliphatic rings. The molecule has 0 aliphatic carbocycles. The minimum Gasteiger partial charge on any atom is -0.493 e. The van der Waals surface area contributed by atoms with Crippen LogP contribution < -0.4 is 14.8 Å². The van der Waals surface area contributed by atoms with Gasteiger partial charge in [0.1, 0.15) is 5.60 Å². The fraction of sp³-hybridized carbons (Fsp3) is 0.636. The molecule has 1 unspecified atom stereocenters. The lowest BCUT2D eigenvalue weighted by atomic mass is 10.1. The Labute approximate surface area is 268 Å². The highest BCUT2D eigenvalue weighted by molar-refractivity contribution is 5.76. The van der Waals surface area contributed by atoms with Crippen LogP contribution in [0.3, 0.4) is 0 Å². The molecule has 1 aromatic rings. The Balaban J connectivity index is 2.04. The van der Waals surface area contributed by atoms with Crippen molar-refractivity contribution in [2.45, 2.75) is 85.4 Å². The largest absolute Gasteiger partial charge is 0.493 e. The summed E-state index contributed by atoms with van der Waals surface area (Å²) in [5.74, 6) is 1.05. The number of unbranched alkanes of at least 4 members (excludes halogenated alkanes) is 2. The van der Waals surface area contributed by atoms with Gasteiger partial charge in [0.05, 0.1) is 19.8 Å². The molecule has 2 rings (SSSR count). The van der Waals surface area contributed by atoms with Crippen molar-refractivity contribution < 1.29 is 38.1 Å². The molecule has 1 atom stereocenters. The van der Waals surface area contributed by atoms with Gasteiger partial charge in [0.2, 0.25) is 5.91 Å². The quantitative estimate of drug-likeness (QED) is 0.220. The fourth-order valence-corrected chi connectivity index (χ4v) is 4.63. The van der Waals surface area contributed by atoms with Crippen LogP contribution in [-0.2, 0) is 20.8 Å². The first kappa shape index (κ1) is 37.2. The fourth-order valence-electron chi connectivity index (χ4n) is 4.63. The van der Waals surface area contributed by atoms with E-state index in [4.69, 9.17) is 18.9 Å². The number of likely N-dealkylation sites (N-methyl/N-ethyl adjacent to an activating group) is 1. The van der Waals surface area contributed by atoms with E-state index in [2.05, 4.69) is 31.3 Å². The number of ether oxygens (including phenoxy) is 4. The van der Waals surface area contributed by atoms with E-state index in [9.17, 15) is 19.2 Å². The average Bonchev–Trinajstić information content (AvgIpc) is 2.97. The van der Waals surface area contributed by atoms with Crippen molar-refractivity contribution in [3.8, 4) is 11.5 Å². The number of hydrogen-bond acceptors (Lipinski definition) is 8. The van der Waals surface area contributed by atoms with Gasteiger partial charge in [-0.3, -0.25) is 9.69 Å². The molecule has 0 spiro atoms. The van der Waals surface area contributed by atoms with Crippen LogP contribution in [-0.4, -0.2) is 97.5 Å². The van der Waals surface area contributed by atoms with E-state index in [1.165, 1.54) is 21.8 Å². The molecule has 1 saturated heterocycles. The van der Waals surface area contributed by atoms with E-state index < -0.39 is 29.9 Å². The van der Waals surface area contributed by atoms with Crippen LogP contribution in [0.25, 0.3) is 0 Å². The van der Waals surface area contributed by atoms with Crippen LogP contribution in [0, 0.1) is 5.92 Å². The number of hydrogen-bond donors (Lipinski definition) is 1. The predicted octanol–water partition coefficient (Wildman–Crippen LogP) is 5.59. The summed E-state index contributed by atoms with van der Waals surface area (Å²) in [4.78, 5) is 55.2. The molecule has 12 nitrogen and oxygen atoms in total. The molecule has 0 saturated carbocycles. The number of benzene rings is 1. The summed E-state index contributed by atoms with van der Waals surface area (Å²) in [6.45, 7) is 12.5. The van der Waals surface area contributed by atoms with Gasteiger partial charge in [-0.25, -0.2) is 14.4 Å². The Morgan fingerprint density at radius 2 is 1.82 bits per heavy atom. The lowest BCUT2D eigenvalue weighted by Gasteiger charge is -2.41. The monoisotopic (exact) mass is 632 g/mol. The first-order valence-electron chi connectivity index (χ1n) is 15.7. The summed E-state index contributed by atoms with van der Waals surface area (Å²) in [5.41, 5.74) is 0.101. The maximum atomic E-state index is 13.4. The van der Waals surface area contributed by atoms with Crippen molar-refractivity contribution in [3.05, 3.63) is 35.9 Å². The van der Waals surface area contributed by atoms with Crippen LogP contribution in [0.2, 0.25) is 0 Å². The average molecular weight is 633 g/mol. The van der Waals surface area contributed by atoms with Crippen molar-refractivity contribution >= 4 is 24.2 Å². The minimum atomic E-state index is -0.691. The van der Waals surface area contributed by atoms with Crippen molar-refractivity contribution in [2.24, 2.45) is 5.92 Å². The number of rotatable bonds is 13. The SMILES string of the molecule is CCOC(=O)N1CCN(C(=O)Oc2ccc(CNC(=O)CCCC/C=C/C(C)C)cc2OC)C(CN(C)C(=O)OC(C)(C)C)C1. The molecular formula is C33H52N4O8. The molecule has 12 heteroatoms. The number of methoxy groups -OCH3 is 1. The second kappa shape index (κ2) is 18.1. The first-order chi connectivity index (χ1) is 21.2. The van der Waals surface area contributed by atoms with E-state index in [1.54, 1.807) is 52.9 Å². The number of allylic oxidation sites excluding steroid dienone is 2. The molecule has 1 heterocycles. The summed E-state index contributed by atoms with van der Waals surface area (Å²) >= 11 is 0. The van der Waals surface area contributed by atoms with Crippen LogP contribution in [0.1, 0.15) is 72.8 Å². The van der Waals surface area contributed by atoms with Gasteiger partial charge in [0.15, 0.2) is 11.5 Å². The highest BCUT2D eigenvalue weighted by Crippen LogP contribution is 2.29. The molecule has 45 heavy (non-hydrogen) atoms. The summed E-state index contributed by atoms with van der Waals surface area (Å²) < 4.78 is 21.9. The number of carbonyl (C=O) groups excluding carboxylic acids is 4. The molecule has 1 fully saturated rings. The number of nitrogens with one attached hydrogen (secondary N) is 1. The Bertz CT molecular complexity index is 1160. The molecule has 0 aromatic heterocycles. The lowest BCUT2D eigenvalue weighted by Crippen LogP contribution is -2.60. The normalized spacial score (nSPS) is 15.2. The highest BCUT2D eigenvalue weighted by Gasteiger charge is 2.36. The number of carbonyl (C=O) groups is 4. The molecule has 1 N–H and O–H groups in total. The maximum absolute atomic E-state index is 13.4. The Hall–Kier alpha value is -3.96. The Morgan fingerprint density at radius 3 is 2.47 bits per heavy atom. The van der Waals surface area contributed by atoms with E-state index in [0.29, 0.717) is 24.6 Å². The lowest BCUT2D eigenvalue weighted by molar-refractivity contribution is -0.121. The molecule has 4 amide bonds. The smallest absolute Gasteiger partial charge is 0.415 e. The van der Waals surface area contributed by atoms with Gasteiger partial charge in [-0.2, -0.15) is 0 Å².